The third-order valence-corrected chi connectivity index (χ3v) is 4.06. The van der Waals surface area contributed by atoms with Crippen molar-refractivity contribution < 1.29 is 8.81 Å². The van der Waals surface area contributed by atoms with Crippen LogP contribution in [-0.2, 0) is 0 Å². The Labute approximate surface area is 168 Å². The Bertz CT molecular complexity index is 696. The maximum Gasteiger partial charge on any atom is 0.304 e. The first kappa shape index (κ1) is 23.3. The molecule has 0 amide bonds. The summed E-state index contributed by atoms with van der Waals surface area (Å²) in [4.78, 5) is 10.5. The molecule has 0 aromatic carbocycles. The minimum Gasteiger partial charge on any atom is -0.423 e. The summed E-state index contributed by atoms with van der Waals surface area (Å²) in [7, 11) is 0. The molecule has 0 unspecified atom stereocenters. The number of allylic oxidation sites excluding steroid dienone is 1. The summed E-state index contributed by atoms with van der Waals surface area (Å²) in [6.45, 7) is 15.9. The monoisotopic (exact) mass is 385 g/mol. The SMILES string of the molecule is C=CCCCCCCCN(c1ccc(F)cn1)c1nc(C=C)c(C=C)o1.CC. The second-order valence-electron chi connectivity index (χ2n) is 5.99. The highest BCUT2D eigenvalue weighted by atomic mass is 19.1. The van der Waals surface area contributed by atoms with Crippen LogP contribution in [-0.4, -0.2) is 16.5 Å². The summed E-state index contributed by atoms with van der Waals surface area (Å²) in [5.41, 5.74) is 0.631. The van der Waals surface area contributed by atoms with Crippen molar-refractivity contribution in [2.45, 2.75) is 52.4 Å². The molecule has 0 aliphatic carbocycles. The molecule has 0 bridgehead atoms. The van der Waals surface area contributed by atoms with E-state index in [4.69, 9.17) is 4.42 Å². The van der Waals surface area contributed by atoms with Gasteiger partial charge in [0.25, 0.3) is 0 Å². The molecule has 2 rings (SSSR count). The molecule has 0 fully saturated rings. The number of anilines is 2. The van der Waals surface area contributed by atoms with E-state index in [9.17, 15) is 4.39 Å². The minimum absolute atomic E-state index is 0.373. The van der Waals surface area contributed by atoms with Crippen LogP contribution in [0.15, 0.2) is 48.6 Å². The van der Waals surface area contributed by atoms with Gasteiger partial charge in [-0.25, -0.2) is 9.37 Å². The van der Waals surface area contributed by atoms with Crippen molar-refractivity contribution in [1.29, 1.82) is 0 Å². The molecule has 0 N–H and O–H groups in total. The van der Waals surface area contributed by atoms with Gasteiger partial charge >= 0.3 is 6.01 Å². The van der Waals surface area contributed by atoms with Gasteiger partial charge in [-0.15, -0.1) is 6.58 Å². The summed E-state index contributed by atoms with van der Waals surface area (Å²) in [5.74, 6) is 0.791. The summed E-state index contributed by atoms with van der Waals surface area (Å²) >= 11 is 0. The molecule has 0 spiro atoms. The van der Waals surface area contributed by atoms with Crippen LogP contribution in [0.3, 0.4) is 0 Å². The summed E-state index contributed by atoms with van der Waals surface area (Å²) in [6, 6.07) is 3.43. The van der Waals surface area contributed by atoms with E-state index in [0.717, 1.165) is 19.3 Å². The summed E-state index contributed by atoms with van der Waals surface area (Å²) in [5, 5.41) is 0. The van der Waals surface area contributed by atoms with Gasteiger partial charge in [0.1, 0.15) is 17.3 Å². The topological polar surface area (TPSA) is 42.2 Å². The lowest BCUT2D eigenvalue weighted by Gasteiger charge is -2.19. The van der Waals surface area contributed by atoms with Crippen LogP contribution in [0.4, 0.5) is 16.2 Å². The van der Waals surface area contributed by atoms with Crippen LogP contribution in [0.1, 0.15) is 63.8 Å². The molecule has 28 heavy (non-hydrogen) atoms. The largest absolute Gasteiger partial charge is 0.423 e. The predicted molar refractivity (Wildman–Crippen MR) is 117 cm³/mol. The molecule has 0 radical (unpaired) electrons. The second-order valence-corrected chi connectivity index (χ2v) is 5.99. The van der Waals surface area contributed by atoms with Gasteiger partial charge in [0.05, 0.1) is 6.20 Å². The molecular formula is C23H32FN3O. The maximum absolute atomic E-state index is 13.2. The third kappa shape index (κ3) is 7.14. The molecule has 0 saturated carbocycles. The highest BCUT2D eigenvalue weighted by Crippen LogP contribution is 2.27. The fourth-order valence-corrected chi connectivity index (χ4v) is 2.66. The smallest absolute Gasteiger partial charge is 0.304 e. The van der Waals surface area contributed by atoms with E-state index < -0.39 is 0 Å². The molecule has 2 heterocycles. The van der Waals surface area contributed by atoms with Crippen molar-refractivity contribution in [2.24, 2.45) is 0 Å². The predicted octanol–water partition coefficient (Wildman–Crippen LogP) is 7.19. The number of halogens is 1. The second kappa shape index (κ2) is 13.5. The highest BCUT2D eigenvalue weighted by molar-refractivity contribution is 5.60. The number of nitrogens with zero attached hydrogens (tertiary/aromatic N) is 3. The van der Waals surface area contributed by atoms with E-state index in [1.54, 1.807) is 18.2 Å². The lowest BCUT2D eigenvalue weighted by atomic mass is 10.1. The Kier molecular flexibility index (Phi) is 11.2. The molecule has 0 aliphatic rings. The first-order valence-corrected chi connectivity index (χ1v) is 9.95. The van der Waals surface area contributed by atoms with Crippen LogP contribution < -0.4 is 4.90 Å². The molecule has 152 valence electrons. The number of unbranched alkanes of at least 4 members (excludes halogenated alkanes) is 5. The fourth-order valence-electron chi connectivity index (χ4n) is 2.66. The van der Waals surface area contributed by atoms with E-state index >= 15 is 0 Å². The van der Waals surface area contributed by atoms with Gasteiger partial charge in [0.2, 0.25) is 0 Å². The molecule has 0 atom stereocenters. The number of oxazole rings is 1. The zero-order chi connectivity index (χ0) is 20.8. The van der Waals surface area contributed by atoms with E-state index in [1.807, 2.05) is 24.8 Å². The van der Waals surface area contributed by atoms with Crippen molar-refractivity contribution in [1.82, 2.24) is 9.97 Å². The van der Waals surface area contributed by atoms with Crippen LogP contribution in [0.25, 0.3) is 12.2 Å². The minimum atomic E-state index is -0.373. The molecule has 2 aromatic heterocycles. The molecule has 0 saturated heterocycles. The summed E-state index contributed by atoms with van der Waals surface area (Å²) < 4.78 is 19.0. The van der Waals surface area contributed by atoms with Gasteiger partial charge in [-0.2, -0.15) is 4.98 Å². The van der Waals surface area contributed by atoms with Gasteiger partial charge in [-0.1, -0.05) is 52.3 Å². The van der Waals surface area contributed by atoms with Crippen LogP contribution in [0.5, 0.6) is 0 Å². The Morgan fingerprint density at radius 3 is 2.32 bits per heavy atom. The Hall–Kier alpha value is -2.69. The highest BCUT2D eigenvalue weighted by Gasteiger charge is 2.18. The van der Waals surface area contributed by atoms with Gasteiger partial charge < -0.3 is 4.42 Å². The van der Waals surface area contributed by atoms with Gasteiger partial charge in [-0.3, -0.25) is 4.90 Å². The van der Waals surface area contributed by atoms with E-state index in [2.05, 4.69) is 29.7 Å². The maximum atomic E-state index is 13.2. The number of pyridine rings is 1. The quantitative estimate of drug-likeness (QED) is 0.286. The number of rotatable bonds is 12. The molecular weight excluding hydrogens is 353 g/mol. The zero-order valence-electron chi connectivity index (χ0n) is 17.2. The molecule has 4 nitrogen and oxygen atoms in total. The standard InChI is InChI=1S/C21H26FN3O.C2H6/c1-4-7-8-9-10-11-12-15-25(20-14-13-17(22)16-23-20)21-24-18(5-2)19(6-3)26-21;1-2/h4-6,13-14,16H,1-3,7-12,15H2;1-2H3. The summed E-state index contributed by atoms with van der Waals surface area (Å²) in [6.07, 6.45) is 13.0. The average molecular weight is 386 g/mol. The molecule has 0 aliphatic heterocycles. The van der Waals surface area contributed by atoms with Crippen molar-refractivity contribution in [2.75, 3.05) is 11.4 Å². The lowest BCUT2D eigenvalue weighted by molar-refractivity contribution is 0.533. The lowest BCUT2D eigenvalue weighted by Crippen LogP contribution is -2.20. The van der Waals surface area contributed by atoms with Crippen LogP contribution in [0.2, 0.25) is 0 Å². The fraction of sp³-hybridized carbons (Fsp3) is 0.391. The average Bonchev–Trinajstić information content (AvgIpc) is 3.15. The van der Waals surface area contributed by atoms with Crippen LogP contribution in [0, 0.1) is 5.82 Å². The van der Waals surface area contributed by atoms with Gasteiger partial charge in [0.15, 0.2) is 5.76 Å². The van der Waals surface area contributed by atoms with Crippen molar-refractivity contribution in [3.8, 4) is 0 Å². The van der Waals surface area contributed by atoms with E-state index in [0.29, 0.717) is 29.8 Å². The number of hydrogen-bond acceptors (Lipinski definition) is 4. The first-order chi connectivity index (χ1) is 13.7. The Balaban J connectivity index is 0.00000190. The van der Waals surface area contributed by atoms with E-state index in [1.165, 1.54) is 31.5 Å². The third-order valence-electron chi connectivity index (χ3n) is 4.06. The molecule has 2 aromatic rings. The first-order valence-electron chi connectivity index (χ1n) is 9.95. The molecule has 5 heteroatoms. The normalized spacial score (nSPS) is 9.96. The number of hydrogen-bond donors (Lipinski definition) is 0. The van der Waals surface area contributed by atoms with Crippen LogP contribution >= 0.6 is 0 Å². The van der Waals surface area contributed by atoms with Crippen molar-refractivity contribution >= 4 is 24.0 Å². The number of aromatic nitrogens is 2. The van der Waals surface area contributed by atoms with Crippen molar-refractivity contribution in [3.63, 3.8) is 0 Å². The van der Waals surface area contributed by atoms with E-state index in [-0.39, 0.29) is 5.82 Å². The Morgan fingerprint density at radius 2 is 1.75 bits per heavy atom. The Morgan fingerprint density at radius 1 is 1.04 bits per heavy atom. The van der Waals surface area contributed by atoms with Gasteiger partial charge in [-0.05, 0) is 43.5 Å². The zero-order valence-corrected chi connectivity index (χ0v) is 17.2. The van der Waals surface area contributed by atoms with Gasteiger partial charge in [0, 0.05) is 6.54 Å². The van der Waals surface area contributed by atoms with Crippen molar-refractivity contribution in [3.05, 3.63) is 61.4 Å².